The summed E-state index contributed by atoms with van der Waals surface area (Å²) in [4.78, 5) is 7.19. The van der Waals surface area contributed by atoms with E-state index in [1.54, 1.807) is 12.1 Å². The fourth-order valence-electron chi connectivity index (χ4n) is 4.50. The minimum Gasteiger partial charge on any atom is -0.508 e. The topological polar surface area (TPSA) is 74.9 Å². The molecule has 2 aliphatic rings. The van der Waals surface area contributed by atoms with E-state index >= 15 is 0 Å². The van der Waals surface area contributed by atoms with Crippen LogP contribution >= 0.6 is 0 Å². The highest BCUT2D eigenvalue weighted by atomic mass is 16.5. The highest BCUT2D eigenvalue weighted by Crippen LogP contribution is 2.32. The Balaban J connectivity index is 1.25. The van der Waals surface area contributed by atoms with Crippen molar-refractivity contribution in [1.82, 2.24) is 19.9 Å². The zero-order valence-electron chi connectivity index (χ0n) is 16.6. The van der Waals surface area contributed by atoms with E-state index in [0.29, 0.717) is 0 Å². The number of rotatable bonds is 3. The van der Waals surface area contributed by atoms with Crippen molar-refractivity contribution in [3.8, 4) is 11.5 Å². The highest BCUT2D eigenvalue weighted by molar-refractivity contribution is 5.85. The van der Waals surface area contributed by atoms with Crippen LogP contribution in [0.5, 0.6) is 11.5 Å². The van der Waals surface area contributed by atoms with Crippen LogP contribution in [-0.4, -0.2) is 52.0 Å². The molecule has 0 unspecified atom stereocenters. The van der Waals surface area contributed by atoms with Gasteiger partial charge in [-0.2, -0.15) is 9.61 Å². The first-order valence-corrected chi connectivity index (χ1v) is 10.5. The smallest absolute Gasteiger partial charge is 0.157 e. The second kappa shape index (κ2) is 6.88. The maximum Gasteiger partial charge on any atom is 0.157 e. The molecule has 1 fully saturated rings. The summed E-state index contributed by atoms with van der Waals surface area (Å²) in [6.07, 6.45) is 3.85. The Morgan fingerprint density at radius 3 is 2.80 bits per heavy atom. The molecule has 152 valence electrons. The van der Waals surface area contributed by atoms with E-state index in [1.807, 2.05) is 41.0 Å². The van der Waals surface area contributed by atoms with Crippen molar-refractivity contribution in [3.05, 3.63) is 59.9 Å². The van der Waals surface area contributed by atoms with Crippen molar-refractivity contribution >= 4 is 22.2 Å². The molecule has 4 aromatic rings. The molecule has 1 saturated heterocycles. The van der Waals surface area contributed by atoms with Crippen molar-refractivity contribution in [1.29, 1.82) is 0 Å². The van der Waals surface area contributed by atoms with E-state index in [0.717, 1.165) is 67.0 Å². The van der Waals surface area contributed by atoms with E-state index in [-0.39, 0.29) is 11.9 Å². The first kappa shape index (κ1) is 17.5. The van der Waals surface area contributed by atoms with Crippen LogP contribution in [0.15, 0.2) is 48.7 Å². The van der Waals surface area contributed by atoms with Crippen molar-refractivity contribution < 1.29 is 9.84 Å². The minimum absolute atomic E-state index is 0.123. The largest absolute Gasteiger partial charge is 0.508 e. The quantitative estimate of drug-likeness (QED) is 0.550. The van der Waals surface area contributed by atoms with Gasteiger partial charge in [0.05, 0.1) is 25.0 Å². The second-order valence-electron chi connectivity index (χ2n) is 8.05. The van der Waals surface area contributed by atoms with E-state index in [2.05, 4.69) is 15.3 Å². The number of nitrogens with zero attached hydrogens (tertiary/aromatic N) is 4. The summed E-state index contributed by atoms with van der Waals surface area (Å²) in [5.41, 5.74) is 3.39. The van der Waals surface area contributed by atoms with Crippen LogP contribution in [0.25, 0.3) is 16.4 Å². The van der Waals surface area contributed by atoms with Crippen LogP contribution in [0.2, 0.25) is 0 Å². The van der Waals surface area contributed by atoms with E-state index in [9.17, 15) is 5.11 Å². The van der Waals surface area contributed by atoms with Gasteiger partial charge in [-0.1, -0.05) is 12.1 Å². The summed E-state index contributed by atoms with van der Waals surface area (Å²) in [6.45, 7) is 3.56. The molecular weight excluding hydrogens is 378 g/mol. The van der Waals surface area contributed by atoms with Crippen LogP contribution in [0.3, 0.4) is 0 Å². The third kappa shape index (κ3) is 2.93. The van der Waals surface area contributed by atoms with Crippen molar-refractivity contribution in [2.75, 3.05) is 31.1 Å². The predicted molar refractivity (Wildman–Crippen MR) is 116 cm³/mol. The number of phenols is 1. The Labute approximate surface area is 173 Å². The average molecular weight is 401 g/mol. The zero-order valence-corrected chi connectivity index (χ0v) is 16.6. The molecular formula is C23H23N5O2. The van der Waals surface area contributed by atoms with Gasteiger partial charge in [0.2, 0.25) is 0 Å². The molecule has 0 amide bonds. The van der Waals surface area contributed by atoms with Gasteiger partial charge in [0.1, 0.15) is 23.4 Å². The van der Waals surface area contributed by atoms with Gasteiger partial charge in [-0.3, -0.25) is 0 Å². The van der Waals surface area contributed by atoms with Gasteiger partial charge in [0.25, 0.3) is 0 Å². The Hall–Kier alpha value is -3.32. The number of aromatic nitrogens is 3. The minimum atomic E-state index is 0.123. The summed E-state index contributed by atoms with van der Waals surface area (Å²) in [5, 5.41) is 19.8. The number of aromatic hydroxyl groups is 1. The number of hydrogen-bond acceptors (Lipinski definition) is 6. The molecule has 2 aromatic carbocycles. The van der Waals surface area contributed by atoms with Crippen LogP contribution in [0.4, 0.5) is 5.82 Å². The summed E-state index contributed by atoms with van der Waals surface area (Å²) >= 11 is 0. The molecule has 0 atom stereocenters. The molecule has 4 heterocycles. The zero-order chi connectivity index (χ0) is 20.1. The van der Waals surface area contributed by atoms with E-state index in [4.69, 9.17) is 9.72 Å². The monoisotopic (exact) mass is 401 g/mol. The lowest BCUT2D eigenvalue weighted by atomic mass is 10.1. The Bertz CT molecular complexity index is 1250. The van der Waals surface area contributed by atoms with Crippen molar-refractivity contribution in [2.45, 2.75) is 18.9 Å². The Morgan fingerprint density at radius 1 is 1.00 bits per heavy atom. The molecule has 0 aliphatic carbocycles. The molecule has 0 bridgehead atoms. The predicted octanol–water partition coefficient (Wildman–Crippen LogP) is 2.54. The van der Waals surface area contributed by atoms with Crippen LogP contribution in [0, 0.1) is 0 Å². The van der Waals surface area contributed by atoms with Gasteiger partial charge >= 0.3 is 0 Å². The van der Waals surface area contributed by atoms with Gasteiger partial charge in [0, 0.05) is 24.6 Å². The first-order chi connectivity index (χ1) is 14.7. The molecule has 2 aliphatic heterocycles. The summed E-state index contributed by atoms with van der Waals surface area (Å²) in [5.74, 6) is 2.26. The van der Waals surface area contributed by atoms with E-state index in [1.165, 1.54) is 11.3 Å². The lowest BCUT2D eigenvalue weighted by Gasteiger charge is -2.41. The molecule has 0 saturated carbocycles. The first-order valence-electron chi connectivity index (χ1n) is 10.5. The number of benzene rings is 2. The van der Waals surface area contributed by atoms with Crippen LogP contribution in [0.1, 0.15) is 11.3 Å². The van der Waals surface area contributed by atoms with Gasteiger partial charge in [-0.25, -0.2) is 4.98 Å². The normalized spacial score (nSPS) is 17.0. The number of hydrogen-bond donors (Lipinski definition) is 2. The molecule has 7 heteroatoms. The number of anilines is 1. The van der Waals surface area contributed by atoms with Gasteiger partial charge < -0.3 is 20.1 Å². The SMILES string of the molecule is Oc1ccc2ccc(OC3CN(c4c5c(nc6ccnn46)CCNCC5)C3)cc2c1. The number of ether oxygens (including phenoxy) is 1. The van der Waals surface area contributed by atoms with Crippen LogP contribution < -0.4 is 15.0 Å². The number of phenolic OH excluding ortho intramolecular Hbond substituents is 1. The summed E-state index contributed by atoms with van der Waals surface area (Å²) in [7, 11) is 0. The summed E-state index contributed by atoms with van der Waals surface area (Å²) in [6, 6.07) is 13.4. The molecule has 7 nitrogen and oxygen atoms in total. The molecule has 0 spiro atoms. The number of nitrogens with one attached hydrogen (secondary N) is 1. The van der Waals surface area contributed by atoms with Crippen LogP contribution in [-0.2, 0) is 12.8 Å². The third-order valence-corrected chi connectivity index (χ3v) is 6.03. The van der Waals surface area contributed by atoms with Gasteiger partial charge in [-0.05, 0) is 48.0 Å². The van der Waals surface area contributed by atoms with E-state index < -0.39 is 0 Å². The molecule has 2 N–H and O–H groups in total. The molecule has 30 heavy (non-hydrogen) atoms. The van der Waals surface area contributed by atoms with Crippen molar-refractivity contribution in [2.24, 2.45) is 0 Å². The van der Waals surface area contributed by atoms with Gasteiger partial charge in [0.15, 0.2) is 5.65 Å². The molecule has 6 rings (SSSR count). The molecule has 2 aromatic heterocycles. The Morgan fingerprint density at radius 2 is 1.87 bits per heavy atom. The lowest BCUT2D eigenvalue weighted by molar-refractivity contribution is 0.166. The number of fused-ring (bicyclic) bond motifs is 3. The maximum absolute atomic E-state index is 9.74. The third-order valence-electron chi connectivity index (χ3n) is 6.03. The van der Waals surface area contributed by atoms with Gasteiger partial charge in [-0.15, -0.1) is 0 Å². The summed E-state index contributed by atoms with van der Waals surface area (Å²) < 4.78 is 8.20. The standard InChI is InChI=1S/C23H23N5O2/c29-17-3-1-15-2-4-18(12-16(15)11-17)30-19-13-27(14-19)23-20-5-8-24-9-6-21(20)26-22-7-10-25-28(22)23/h1-4,7,10-12,19,24,29H,5-6,8-9,13-14H2. The fourth-order valence-corrected chi connectivity index (χ4v) is 4.50. The fraction of sp³-hybridized carbons (Fsp3) is 0.304. The Kier molecular flexibility index (Phi) is 4.02. The lowest BCUT2D eigenvalue weighted by Crippen LogP contribution is -2.55. The van der Waals surface area contributed by atoms with Crippen molar-refractivity contribution in [3.63, 3.8) is 0 Å². The average Bonchev–Trinajstić information content (AvgIpc) is 3.05. The second-order valence-corrected chi connectivity index (χ2v) is 8.05. The molecule has 0 radical (unpaired) electrons. The highest BCUT2D eigenvalue weighted by Gasteiger charge is 2.33. The maximum atomic E-state index is 9.74.